The van der Waals surface area contributed by atoms with E-state index in [0.717, 1.165) is 6.07 Å². The predicted octanol–water partition coefficient (Wildman–Crippen LogP) is 2.07. The molecule has 94 valence electrons. The Morgan fingerprint density at radius 1 is 1.41 bits per heavy atom. The number of halogens is 3. The molecule has 17 heavy (non-hydrogen) atoms. The van der Waals surface area contributed by atoms with Crippen molar-refractivity contribution in [2.75, 3.05) is 12.4 Å². The fourth-order valence-corrected chi connectivity index (χ4v) is 1.94. The van der Waals surface area contributed by atoms with E-state index in [1.54, 1.807) is 0 Å². The highest BCUT2D eigenvalue weighted by Gasteiger charge is 2.34. The molecule has 0 bridgehead atoms. The fraction of sp³-hybridized carbons (Fsp3) is 0.300. The number of aliphatic hydroxyl groups is 1. The Labute approximate surface area is 100 Å². The van der Waals surface area contributed by atoms with Crippen molar-refractivity contribution in [1.82, 2.24) is 0 Å². The second-order valence-corrected chi connectivity index (χ2v) is 4.36. The average Bonchev–Trinajstić information content (AvgIpc) is 2.24. The maximum absolute atomic E-state index is 12.6. The zero-order valence-corrected chi connectivity index (χ0v) is 9.53. The highest BCUT2D eigenvalue weighted by Crippen LogP contribution is 2.33. The Hall–Kier alpha value is -1.21. The van der Waals surface area contributed by atoms with Crippen molar-refractivity contribution in [2.45, 2.75) is 11.1 Å². The number of nitrogens with two attached hydrogens (primary N) is 1. The maximum atomic E-state index is 12.6. The summed E-state index contributed by atoms with van der Waals surface area (Å²) in [7, 11) is 0. The van der Waals surface area contributed by atoms with Crippen LogP contribution in [0.3, 0.4) is 0 Å². The van der Waals surface area contributed by atoms with Gasteiger partial charge in [-0.1, -0.05) is 0 Å². The van der Waals surface area contributed by atoms with Crippen molar-refractivity contribution >= 4 is 17.6 Å². The van der Waals surface area contributed by atoms with Gasteiger partial charge in [0.1, 0.15) is 5.84 Å². The smallest absolute Gasteiger partial charge is 0.396 e. The lowest BCUT2D eigenvalue weighted by Crippen LogP contribution is -2.18. The number of aliphatic hydroxyl groups excluding tert-OH is 1. The number of benzene rings is 1. The van der Waals surface area contributed by atoms with Gasteiger partial charge in [0.25, 0.3) is 0 Å². The second kappa shape index (κ2) is 5.42. The highest BCUT2D eigenvalue weighted by atomic mass is 32.2. The van der Waals surface area contributed by atoms with Crippen molar-refractivity contribution < 1.29 is 18.3 Å². The first kappa shape index (κ1) is 13.9. The molecule has 0 aliphatic carbocycles. The second-order valence-electron chi connectivity index (χ2n) is 3.19. The molecule has 0 saturated carbocycles. The molecular weight excluding hydrogens is 253 g/mol. The number of thioether (sulfide) groups is 1. The van der Waals surface area contributed by atoms with Crippen LogP contribution in [0.4, 0.5) is 13.2 Å². The van der Waals surface area contributed by atoms with Crippen LogP contribution < -0.4 is 5.73 Å². The third-order valence-electron chi connectivity index (χ3n) is 1.95. The highest BCUT2D eigenvalue weighted by molar-refractivity contribution is 7.99. The lowest BCUT2D eigenvalue weighted by Gasteiger charge is -2.13. The van der Waals surface area contributed by atoms with Gasteiger partial charge in [0.05, 0.1) is 12.2 Å². The summed E-state index contributed by atoms with van der Waals surface area (Å²) < 4.78 is 37.8. The zero-order chi connectivity index (χ0) is 13.1. The lowest BCUT2D eigenvalue weighted by molar-refractivity contribution is -0.137. The molecule has 3 nitrogen and oxygen atoms in total. The van der Waals surface area contributed by atoms with Crippen LogP contribution >= 0.6 is 11.8 Å². The first-order valence-electron chi connectivity index (χ1n) is 4.65. The standard InChI is InChI=1S/C10H11F3N2OS/c11-10(12,13)8-2-1-6(17-4-3-16)5-7(8)9(14)15/h1-2,5,16H,3-4H2,(H3,14,15). The van der Waals surface area contributed by atoms with Crippen LogP contribution in [-0.2, 0) is 6.18 Å². The third kappa shape index (κ3) is 3.64. The molecule has 0 radical (unpaired) electrons. The normalized spacial score (nSPS) is 11.5. The molecular formula is C10H11F3N2OS. The molecule has 0 aliphatic heterocycles. The van der Waals surface area contributed by atoms with E-state index in [-0.39, 0.29) is 12.2 Å². The Morgan fingerprint density at radius 3 is 2.53 bits per heavy atom. The molecule has 0 aromatic heterocycles. The van der Waals surface area contributed by atoms with Crippen LogP contribution in [0, 0.1) is 5.41 Å². The van der Waals surface area contributed by atoms with Crippen molar-refractivity contribution in [3.8, 4) is 0 Å². The van der Waals surface area contributed by atoms with Crippen molar-refractivity contribution in [3.63, 3.8) is 0 Å². The van der Waals surface area contributed by atoms with Gasteiger partial charge in [0, 0.05) is 16.2 Å². The van der Waals surface area contributed by atoms with Gasteiger partial charge in [0.2, 0.25) is 0 Å². The lowest BCUT2D eigenvalue weighted by atomic mass is 10.1. The van der Waals surface area contributed by atoms with Crippen LogP contribution in [-0.4, -0.2) is 23.3 Å². The molecule has 4 N–H and O–H groups in total. The van der Waals surface area contributed by atoms with Crippen molar-refractivity contribution in [2.24, 2.45) is 5.73 Å². The van der Waals surface area contributed by atoms with Gasteiger partial charge in [-0.05, 0) is 18.2 Å². The van der Waals surface area contributed by atoms with E-state index in [0.29, 0.717) is 10.6 Å². The summed E-state index contributed by atoms with van der Waals surface area (Å²) in [5.41, 5.74) is 3.88. The molecule has 7 heteroatoms. The molecule has 0 aliphatic rings. The first-order valence-corrected chi connectivity index (χ1v) is 5.64. The molecule has 0 fully saturated rings. The predicted molar refractivity (Wildman–Crippen MR) is 60.3 cm³/mol. The minimum Gasteiger partial charge on any atom is -0.396 e. The monoisotopic (exact) mass is 264 g/mol. The van der Waals surface area contributed by atoms with Crippen molar-refractivity contribution in [1.29, 1.82) is 5.41 Å². The SMILES string of the molecule is N=C(N)c1cc(SCCO)ccc1C(F)(F)F. The number of alkyl halides is 3. The van der Waals surface area contributed by atoms with E-state index in [9.17, 15) is 13.2 Å². The first-order chi connectivity index (χ1) is 7.86. The zero-order valence-electron chi connectivity index (χ0n) is 8.71. The van der Waals surface area contributed by atoms with E-state index in [1.165, 1.54) is 23.9 Å². The Kier molecular flexibility index (Phi) is 4.41. The van der Waals surface area contributed by atoms with Crippen LogP contribution in [0.15, 0.2) is 23.1 Å². The summed E-state index contributed by atoms with van der Waals surface area (Å²) in [6.07, 6.45) is -4.53. The molecule has 0 heterocycles. The van der Waals surface area contributed by atoms with Gasteiger partial charge in [-0.3, -0.25) is 5.41 Å². The number of nitrogens with one attached hydrogen (secondary N) is 1. The molecule has 1 aromatic carbocycles. The largest absolute Gasteiger partial charge is 0.417 e. The molecule has 0 unspecified atom stereocenters. The van der Waals surface area contributed by atoms with E-state index in [4.69, 9.17) is 16.2 Å². The van der Waals surface area contributed by atoms with Crippen molar-refractivity contribution in [3.05, 3.63) is 29.3 Å². The minimum atomic E-state index is -4.53. The average molecular weight is 264 g/mol. The van der Waals surface area contributed by atoms with Crippen LogP contribution in [0.1, 0.15) is 11.1 Å². The number of amidine groups is 1. The summed E-state index contributed by atoms with van der Waals surface area (Å²) in [6.45, 7) is -0.0684. The molecule has 1 aromatic rings. The van der Waals surface area contributed by atoms with Gasteiger partial charge in [0.15, 0.2) is 0 Å². The van der Waals surface area contributed by atoms with Crippen LogP contribution in [0.2, 0.25) is 0 Å². The molecule has 0 atom stereocenters. The molecule has 0 spiro atoms. The van der Waals surface area contributed by atoms with Gasteiger partial charge in [-0.15, -0.1) is 11.8 Å². The number of nitrogen functional groups attached to an aromatic ring is 1. The molecule has 1 rings (SSSR count). The van der Waals surface area contributed by atoms with E-state index in [1.807, 2.05) is 0 Å². The summed E-state index contributed by atoms with van der Waals surface area (Å²) in [4.78, 5) is 0.539. The molecule has 0 amide bonds. The van der Waals surface area contributed by atoms with Gasteiger partial charge >= 0.3 is 6.18 Å². The summed E-state index contributed by atoms with van der Waals surface area (Å²) >= 11 is 1.20. The fourth-order valence-electron chi connectivity index (χ4n) is 1.25. The number of hydrogen-bond acceptors (Lipinski definition) is 3. The summed E-state index contributed by atoms with van der Waals surface area (Å²) in [5.74, 6) is -0.244. The quantitative estimate of drug-likeness (QED) is 0.443. The molecule has 0 saturated heterocycles. The van der Waals surface area contributed by atoms with Gasteiger partial charge < -0.3 is 10.8 Å². The number of hydrogen-bond donors (Lipinski definition) is 3. The Balaban J connectivity index is 3.13. The topological polar surface area (TPSA) is 70.1 Å². The van der Waals surface area contributed by atoms with E-state index >= 15 is 0 Å². The minimum absolute atomic E-state index is 0.0684. The maximum Gasteiger partial charge on any atom is 0.417 e. The Bertz CT molecular complexity index is 421. The van der Waals surface area contributed by atoms with E-state index in [2.05, 4.69) is 0 Å². The summed E-state index contributed by atoms with van der Waals surface area (Å²) in [5, 5.41) is 15.8. The third-order valence-corrected chi connectivity index (χ3v) is 2.92. The van der Waals surface area contributed by atoms with Gasteiger partial charge in [-0.2, -0.15) is 13.2 Å². The van der Waals surface area contributed by atoms with Crippen LogP contribution in [0.25, 0.3) is 0 Å². The number of rotatable bonds is 4. The van der Waals surface area contributed by atoms with Gasteiger partial charge in [-0.25, -0.2) is 0 Å². The van der Waals surface area contributed by atoms with E-state index < -0.39 is 17.6 Å². The van der Waals surface area contributed by atoms with Crippen LogP contribution in [0.5, 0.6) is 0 Å². The Morgan fingerprint density at radius 2 is 2.06 bits per heavy atom. The summed E-state index contributed by atoms with van der Waals surface area (Å²) in [6, 6.07) is 3.41.